The molecule has 2 aliphatic heterocycles. The van der Waals surface area contributed by atoms with Gasteiger partial charge in [0.05, 0.1) is 52.9 Å². The third kappa shape index (κ3) is 5.28. The van der Waals surface area contributed by atoms with E-state index >= 15 is 0 Å². The lowest BCUT2D eigenvalue weighted by Crippen LogP contribution is -2.65. The van der Waals surface area contributed by atoms with Crippen LogP contribution in [0.2, 0.25) is 10.0 Å². The lowest BCUT2D eigenvalue weighted by Gasteiger charge is -2.64. The van der Waals surface area contributed by atoms with Crippen LogP contribution in [0.1, 0.15) is 44.9 Å². The first kappa shape index (κ1) is 29.8. The van der Waals surface area contributed by atoms with Gasteiger partial charge < -0.3 is 23.4 Å². The highest BCUT2D eigenvalue weighted by Crippen LogP contribution is 2.65. The van der Waals surface area contributed by atoms with Crippen molar-refractivity contribution in [1.29, 1.82) is 0 Å². The Hall–Kier alpha value is -1.86. The summed E-state index contributed by atoms with van der Waals surface area (Å²) in [4.78, 5) is 6.59. The zero-order valence-corrected chi connectivity index (χ0v) is 26.8. The highest BCUT2D eigenvalue weighted by Gasteiger charge is 2.68. The number of nitrogens with zero attached hydrogens (tertiary/aromatic N) is 2. The molecule has 0 spiro atoms. The van der Waals surface area contributed by atoms with Gasteiger partial charge in [0.1, 0.15) is 17.2 Å². The van der Waals surface area contributed by atoms with Crippen molar-refractivity contribution in [1.82, 2.24) is 9.71 Å². The molecule has 0 radical (unpaired) electrons. The highest BCUT2D eigenvalue weighted by atomic mass is 35.5. The van der Waals surface area contributed by atoms with Gasteiger partial charge in [-0.05, 0) is 61.1 Å². The van der Waals surface area contributed by atoms with Crippen LogP contribution in [-0.4, -0.2) is 64.5 Å². The van der Waals surface area contributed by atoms with E-state index in [-0.39, 0.29) is 22.2 Å². The Morgan fingerprint density at radius 1 is 1.14 bits per heavy atom. The molecule has 8 rings (SSSR count). The van der Waals surface area contributed by atoms with E-state index in [9.17, 15) is 8.42 Å². The van der Waals surface area contributed by atoms with E-state index in [1.54, 1.807) is 12.3 Å². The molecule has 230 valence electrons. The molecule has 5 aliphatic rings. The molecule has 13 heteroatoms. The molecule has 5 atom stereocenters. The number of halogens is 2. The predicted molar refractivity (Wildman–Crippen MR) is 167 cm³/mol. The minimum Gasteiger partial charge on any atom is -0.464 e. The fourth-order valence-corrected chi connectivity index (χ4v) is 9.68. The van der Waals surface area contributed by atoms with Crippen molar-refractivity contribution < 1.29 is 26.9 Å². The van der Waals surface area contributed by atoms with Crippen LogP contribution in [0.5, 0.6) is 0 Å². The number of nitrogens with one attached hydrogen (secondary N) is 1. The second-order valence-corrected chi connectivity index (χ2v) is 15.7. The number of aromatic nitrogens is 1. The number of ether oxygens (including phenoxy) is 1. The van der Waals surface area contributed by atoms with Crippen LogP contribution in [0.4, 0.5) is 5.82 Å². The molecule has 4 heterocycles. The molecular formula is C30H36BCl2N3O6S. The van der Waals surface area contributed by atoms with Crippen molar-refractivity contribution >= 4 is 57.1 Å². The van der Waals surface area contributed by atoms with E-state index in [0.717, 1.165) is 29.4 Å². The number of morpholine rings is 1. The standard InChI is InChI=1S/C30H36BCl2N3O6S/c1-29(2)19-13-25(29)30(3)26(14-19)41-31(42-30)27(12-18-16-40-24-7-5-4-6-20(18)24)35-43(37,38)17-23-21(32)15-22(33)28(34-23)36-8-10-39-11-9-36/h4-7,15-16,19,25-27,35H,8-14,17H2,1-3H3/t19-,25-,26+,27-,30-/m0/s1. The molecular weight excluding hydrogens is 612 g/mol. The summed E-state index contributed by atoms with van der Waals surface area (Å²) in [6, 6.07) is 9.27. The van der Waals surface area contributed by atoms with Gasteiger partial charge in [0.25, 0.3) is 0 Å². The molecule has 2 saturated heterocycles. The predicted octanol–water partition coefficient (Wildman–Crippen LogP) is 5.27. The van der Waals surface area contributed by atoms with Crippen molar-refractivity contribution in [3.63, 3.8) is 0 Å². The van der Waals surface area contributed by atoms with E-state index in [4.69, 9.17) is 41.7 Å². The summed E-state index contributed by atoms with van der Waals surface area (Å²) in [6.07, 6.45) is 3.92. The molecule has 0 amide bonds. The van der Waals surface area contributed by atoms with Crippen molar-refractivity contribution in [3.05, 3.63) is 57.9 Å². The smallest absolute Gasteiger partial charge is 0.464 e. The minimum atomic E-state index is -3.96. The molecule has 0 unspecified atom stereocenters. The Morgan fingerprint density at radius 3 is 2.67 bits per heavy atom. The minimum absolute atomic E-state index is 0.0918. The second-order valence-electron chi connectivity index (χ2n) is 13.1. The van der Waals surface area contributed by atoms with Crippen molar-refractivity contribution in [2.24, 2.45) is 17.3 Å². The molecule has 2 aromatic heterocycles. The zero-order valence-electron chi connectivity index (χ0n) is 24.5. The van der Waals surface area contributed by atoms with Crippen molar-refractivity contribution in [2.75, 3.05) is 31.2 Å². The van der Waals surface area contributed by atoms with Gasteiger partial charge >= 0.3 is 7.12 Å². The average molecular weight is 648 g/mol. The molecule has 1 N–H and O–H groups in total. The fourth-order valence-electron chi connectivity index (χ4n) is 7.74. The maximum Gasteiger partial charge on any atom is 0.477 e. The summed E-state index contributed by atoms with van der Waals surface area (Å²) < 4.78 is 55.1. The Labute approximate surface area is 262 Å². The summed E-state index contributed by atoms with van der Waals surface area (Å²) in [5, 5.41) is 1.49. The SMILES string of the molecule is CC1(C)[C@@H]2C[C@H]3OB([C@H](Cc4coc5ccccc45)NS(=O)(=O)Cc4nc(N5CCOCC5)c(Cl)cc4Cl)O[C@@]3(C)[C@H]1C2. The first-order valence-electron chi connectivity index (χ1n) is 14.9. The molecule has 1 aromatic carbocycles. The molecule has 9 nitrogen and oxygen atoms in total. The number of pyridine rings is 1. The van der Waals surface area contributed by atoms with Gasteiger partial charge in [-0.1, -0.05) is 55.2 Å². The Bertz CT molecular complexity index is 1650. The van der Waals surface area contributed by atoms with E-state index in [1.165, 1.54) is 0 Å². The largest absolute Gasteiger partial charge is 0.477 e. The van der Waals surface area contributed by atoms with Gasteiger partial charge in [0, 0.05) is 18.5 Å². The Morgan fingerprint density at radius 2 is 1.91 bits per heavy atom. The van der Waals surface area contributed by atoms with Crippen LogP contribution in [0.25, 0.3) is 11.0 Å². The number of furan rings is 1. The monoisotopic (exact) mass is 647 g/mol. The third-order valence-corrected chi connectivity index (χ3v) is 12.2. The third-order valence-electron chi connectivity index (χ3n) is 10.3. The van der Waals surface area contributed by atoms with Gasteiger partial charge in [-0.2, -0.15) is 0 Å². The molecule has 43 heavy (non-hydrogen) atoms. The number of hydrogen-bond donors (Lipinski definition) is 1. The van der Waals surface area contributed by atoms with E-state index in [2.05, 4.69) is 30.5 Å². The van der Waals surface area contributed by atoms with Crippen LogP contribution < -0.4 is 9.62 Å². The van der Waals surface area contributed by atoms with Gasteiger partial charge in [-0.25, -0.2) is 18.1 Å². The number of hydrogen-bond acceptors (Lipinski definition) is 8. The summed E-state index contributed by atoms with van der Waals surface area (Å²) in [5.74, 6) is 0.287. The van der Waals surface area contributed by atoms with Crippen LogP contribution >= 0.6 is 23.2 Å². The first-order valence-corrected chi connectivity index (χ1v) is 17.3. The number of para-hydroxylation sites is 1. The van der Waals surface area contributed by atoms with E-state index in [0.29, 0.717) is 55.4 Å². The summed E-state index contributed by atoms with van der Waals surface area (Å²) >= 11 is 13.0. The maximum absolute atomic E-state index is 13.8. The molecule has 3 saturated carbocycles. The van der Waals surface area contributed by atoms with Crippen molar-refractivity contribution in [3.8, 4) is 0 Å². The van der Waals surface area contributed by atoms with Crippen molar-refractivity contribution in [2.45, 2.75) is 63.4 Å². The quantitative estimate of drug-likeness (QED) is 0.330. The average Bonchev–Trinajstić information content (AvgIpc) is 3.54. The summed E-state index contributed by atoms with van der Waals surface area (Å²) in [5.41, 5.74) is 1.51. The first-order chi connectivity index (χ1) is 20.4. The molecule has 3 aliphatic carbocycles. The van der Waals surface area contributed by atoms with Crippen LogP contribution in [-0.2, 0) is 36.2 Å². The van der Waals surface area contributed by atoms with E-state index in [1.807, 2.05) is 29.2 Å². The summed E-state index contributed by atoms with van der Waals surface area (Å²) in [7, 11) is -4.74. The second kappa shape index (κ2) is 10.9. The van der Waals surface area contributed by atoms with Gasteiger partial charge in [-0.3, -0.25) is 0 Å². The highest BCUT2D eigenvalue weighted by molar-refractivity contribution is 7.88. The van der Waals surface area contributed by atoms with Gasteiger partial charge in [0.2, 0.25) is 10.0 Å². The van der Waals surface area contributed by atoms with Crippen LogP contribution in [0.3, 0.4) is 0 Å². The number of fused-ring (bicyclic) bond motifs is 1. The number of benzene rings is 1. The lowest BCUT2D eigenvalue weighted by atomic mass is 9.43. The number of rotatable bonds is 8. The van der Waals surface area contributed by atoms with Crippen LogP contribution in [0, 0.1) is 17.3 Å². The zero-order chi connectivity index (χ0) is 30.1. The fraction of sp³-hybridized carbons (Fsp3) is 0.567. The number of sulfonamides is 1. The molecule has 5 fully saturated rings. The van der Waals surface area contributed by atoms with Gasteiger partial charge in [-0.15, -0.1) is 0 Å². The summed E-state index contributed by atoms with van der Waals surface area (Å²) in [6.45, 7) is 9.03. The van der Waals surface area contributed by atoms with Crippen LogP contribution in [0.15, 0.2) is 41.0 Å². The Kier molecular flexibility index (Phi) is 7.56. The number of anilines is 1. The topological polar surface area (TPSA) is 103 Å². The Balaban J connectivity index is 1.17. The van der Waals surface area contributed by atoms with E-state index < -0.39 is 34.4 Å². The maximum atomic E-state index is 13.8. The molecule has 2 bridgehead atoms. The van der Waals surface area contributed by atoms with Gasteiger partial charge in [0.15, 0.2) is 0 Å². The lowest BCUT2D eigenvalue weighted by molar-refractivity contribution is -0.199. The molecule has 3 aromatic rings. The normalized spacial score (nSPS) is 29.0.